The highest BCUT2D eigenvalue weighted by Gasteiger charge is 2.39. The number of rotatable bonds is 5. The Morgan fingerprint density at radius 3 is 3.00 bits per heavy atom. The van der Waals surface area contributed by atoms with Crippen LogP contribution in [0.1, 0.15) is 31.2 Å². The highest BCUT2D eigenvalue weighted by atomic mass is 19.1. The van der Waals surface area contributed by atoms with Gasteiger partial charge in [-0.1, -0.05) is 12.5 Å². The van der Waals surface area contributed by atoms with Gasteiger partial charge in [-0.25, -0.2) is 4.39 Å². The molecule has 1 aromatic carbocycles. The van der Waals surface area contributed by atoms with Crippen molar-refractivity contribution < 1.29 is 14.2 Å². The molecule has 0 aliphatic heterocycles. The average molecular weight is 267 g/mol. The molecule has 3 nitrogen and oxygen atoms in total. The Morgan fingerprint density at radius 2 is 2.32 bits per heavy atom. The summed E-state index contributed by atoms with van der Waals surface area (Å²) in [6.07, 6.45) is 3.52. The second kappa shape index (κ2) is 5.88. The van der Waals surface area contributed by atoms with E-state index < -0.39 is 5.60 Å². The molecule has 1 aliphatic rings. The van der Waals surface area contributed by atoms with Crippen molar-refractivity contribution in [2.45, 2.75) is 38.2 Å². The fourth-order valence-corrected chi connectivity index (χ4v) is 2.79. The molecule has 0 saturated heterocycles. The van der Waals surface area contributed by atoms with Gasteiger partial charge in [-0.05, 0) is 43.7 Å². The van der Waals surface area contributed by atoms with Gasteiger partial charge in [0, 0.05) is 12.6 Å². The lowest BCUT2D eigenvalue weighted by atomic mass is 9.88. The summed E-state index contributed by atoms with van der Waals surface area (Å²) < 4.78 is 18.9. The Balaban J connectivity index is 1.85. The molecule has 19 heavy (non-hydrogen) atoms. The zero-order chi connectivity index (χ0) is 13.9. The molecule has 2 atom stereocenters. The van der Waals surface area contributed by atoms with Crippen LogP contribution < -0.4 is 10.5 Å². The molecule has 0 bridgehead atoms. The Hall–Kier alpha value is -1.13. The first-order chi connectivity index (χ1) is 9.05. The Bertz CT molecular complexity index is 438. The van der Waals surface area contributed by atoms with E-state index in [1.807, 2.05) is 0 Å². The molecule has 1 fully saturated rings. The first-order valence-electron chi connectivity index (χ1n) is 6.86. The molecule has 1 aromatic rings. The van der Waals surface area contributed by atoms with Crippen molar-refractivity contribution in [3.63, 3.8) is 0 Å². The maximum Gasteiger partial charge on any atom is 0.129 e. The van der Waals surface area contributed by atoms with Crippen molar-refractivity contribution in [3.05, 3.63) is 29.6 Å². The van der Waals surface area contributed by atoms with Crippen LogP contribution in [0.25, 0.3) is 0 Å². The molecular formula is C15H22FNO2. The largest absolute Gasteiger partial charge is 0.493 e. The summed E-state index contributed by atoms with van der Waals surface area (Å²) in [7, 11) is 0. The van der Waals surface area contributed by atoms with Gasteiger partial charge >= 0.3 is 0 Å². The van der Waals surface area contributed by atoms with Crippen LogP contribution in [-0.4, -0.2) is 23.9 Å². The summed E-state index contributed by atoms with van der Waals surface area (Å²) in [5.41, 5.74) is 5.51. The molecule has 0 spiro atoms. The van der Waals surface area contributed by atoms with E-state index in [-0.39, 0.29) is 11.7 Å². The van der Waals surface area contributed by atoms with Crippen molar-refractivity contribution in [2.24, 2.45) is 11.7 Å². The van der Waals surface area contributed by atoms with E-state index in [0.717, 1.165) is 25.7 Å². The molecule has 106 valence electrons. The molecule has 2 rings (SSSR count). The van der Waals surface area contributed by atoms with Crippen LogP contribution in [0.2, 0.25) is 0 Å². The van der Waals surface area contributed by atoms with Crippen molar-refractivity contribution in [1.82, 2.24) is 0 Å². The van der Waals surface area contributed by atoms with E-state index in [4.69, 9.17) is 10.5 Å². The van der Waals surface area contributed by atoms with Gasteiger partial charge in [-0.15, -0.1) is 0 Å². The van der Waals surface area contributed by atoms with Crippen LogP contribution in [0.4, 0.5) is 4.39 Å². The second-order valence-corrected chi connectivity index (χ2v) is 5.44. The maximum absolute atomic E-state index is 13.3. The molecule has 0 heterocycles. The molecule has 1 saturated carbocycles. The van der Waals surface area contributed by atoms with E-state index in [9.17, 15) is 9.50 Å². The van der Waals surface area contributed by atoms with Gasteiger partial charge < -0.3 is 15.6 Å². The van der Waals surface area contributed by atoms with Crippen LogP contribution in [0.15, 0.2) is 18.2 Å². The molecule has 4 heteroatoms. The number of aliphatic hydroxyl groups is 1. The second-order valence-electron chi connectivity index (χ2n) is 5.44. The fraction of sp³-hybridized carbons (Fsp3) is 0.600. The van der Waals surface area contributed by atoms with E-state index in [0.29, 0.717) is 24.5 Å². The van der Waals surface area contributed by atoms with Gasteiger partial charge in [-0.2, -0.15) is 0 Å². The Morgan fingerprint density at radius 1 is 1.53 bits per heavy atom. The first-order valence-corrected chi connectivity index (χ1v) is 6.86. The lowest BCUT2D eigenvalue weighted by molar-refractivity contribution is 0.00353. The summed E-state index contributed by atoms with van der Waals surface area (Å²) >= 11 is 0. The molecule has 1 aliphatic carbocycles. The molecule has 3 N–H and O–H groups in total. The summed E-state index contributed by atoms with van der Waals surface area (Å²) in [5, 5.41) is 10.3. The van der Waals surface area contributed by atoms with Crippen molar-refractivity contribution >= 4 is 0 Å². The van der Waals surface area contributed by atoms with Gasteiger partial charge in [0.05, 0.1) is 12.2 Å². The number of aryl methyl sites for hydroxylation is 1. The number of ether oxygens (including phenoxy) is 1. The number of hydrogen-bond acceptors (Lipinski definition) is 3. The normalized spacial score (nSPS) is 26.6. The summed E-state index contributed by atoms with van der Waals surface area (Å²) in [6, 6.07) is 4.87. The SMILES string of the molecule is Cc1ccc(OCCC2CCCC2(O)CN)cc1F. The standard InChI is InChI=1S/C15H22FNO2/c1-11-4-5-13(9-14(11)16)19-8-6-12-3-2-7-15(12,18)10-17/h4-5,9,12,18H,2-3,6-8,10,17H2,1H3. The average Bonchev–Trinajstić information content (AvgIpc) is 2.76. The summed E-state index contributed by atoms with van der Waals surface area (Å²) in [5.74, 6) is 0.474. The minimum atomic E-state index is -0.734. The Labute approximate surface area is 113 Å². The Kier molecular flexibility index (Phi) is 4.42. The van der Waals surface area contributed by atoms with Gasteiger partial charge in [0.1, 0.15) is 11.6 Å². The van der Waals surface area contributed by atoms with E-state index >= 15 is 0 Å². The molecule has 0 aromatic heterocycles. The number of hydrogen-bond donors (Lipinski definition) is 2. The minimum Gasteiger partial charge on any atom is -0.493 e. The zero-order valence-electron chi connectivity index (χ0n) is 11.4. The third kappa shape index (κ3) is 3.25. The number of nitrogens with two attached hydrogens (primary N) is 1. The van der Waals surface area contributed by atoms with Gasteiger partial charge in [0.15, 0.2) is 0 Å². The molecule has 2 unspecified atom stereocenters. The number of benzene rings is 1. The van der Waals surface area contributed by atoms with Crippen molar-refractivity contribution in [1.29, 1.82) is 0 Å². The van der Waals surface area contributed by atoms with Gasteiger partial charge in [-0.3, -0.25) is 0 Å². The van der Waals surface area contributed by atoms with E-state index in [1.54, 1.807) is 19.1 Å². The smallest absolute Gasteiger partial charge is 0.129 e. The van der Waals surface area contributed by atoms with Gasteiger partial charge in [0.2, 0.25) is 0 Å². The van der Waals surface area contributed by atoms with E-state index in [2.05, 4.69) is 0 Å². The number of halogens is 1. The van der Waals surface area contributed by atoms with Crippen molar-refractivity contribution in [3.8, 4) is 5.75 Å². The summed E-state index contributed by atoms with van der Waals surface area (Å²) in [6.45, 7) is 2.51. The highest BCUT2D eigenvalue weighted by molar-refractivity contribution is 5.27. The maximum atomic E-state index is 13.3. The van der Waals surface area contributed by atoms with Gasteiger partial charge in [0.25, 0.3) is 0 Å². The van der Waals surface area contributed by atoms with E-state index in [1.165, 1.54) is 6.07 Å². The van der Waals surface area contributed by atoms with Crippen LogP contribution in [0.5, 0.6) is 5.75 Å². The molecular weight excluding hydrogens is 245 g/mol. The molecule has 0 radical (unpaired) electrons. The quantitative estimate of drug-likeness (QED) is 0.861. The lowest BCUT2D eigenvalue weighted by Crippen LogP contribution is -2.41. The van der Waals surface area contributed by atoms with Crippen molar-refractivity contribution in [2.75, 3.05) is 13.2 Å². The van der Waals surface area contributed by atoms with Crippen LogP contribution >= 0.6 is 0 Å². The molecule has 0 amide bonds. The monoisotopic (exact) mass is 267 g/mol. The minimum absolute atomic E-state index is 0.188. The predicted octanol–water partition coefficient (Wildman–Crippen LogP) is 2.39. The highest BCUT2D eigenvalue weighted by Crippen LogP contribution is 2.37. The third-order valence-corrected chi connectivity index (χ3v) is 4.15. The first kappa shape index (κ1) is 14.3. The zero-order valence-corrected chi connectivity index (χ0v) is 11.4. The van der Waals surface area contributed by atoms with Crippen LogP contribution in [-0.2, 0) is 0 Å². The van der Waals surface area contributed by atoms with Crippen LogP contribution in [0, 0.1) is 18.7 Å². The topological polar surface area (TPSA) is 55.5 Å². The van der Waals surface area contributed by atoms with Crippen LogP contribution in [0.3, 0.4) is 0 Å². The lowest BCUT2D eigenvalue weighted by Gasteiger charge is -2.28. The third-order valence-electron chi connectivity index (χ3n) is 4.15. The fourth-order valence-electron chi connectivity index (χ4n) is 2.79. The summed E-state index contributed by atoms with van der Waals surface area (Å²) in [4.78, 5) is 0. The predicted molar refractivity (Wildman–Crippen MR) is 72.6 cm³/mol.